The molecule has 1 saturated carbocycles. The van der Waals surface area contributed by atoms with E-state index in [9.17, 15) is 18.4 Å². The Kier molecular flexibility index (Phi) is 3.51. The average molecular weight is 333 g/mol. The number of hydrogen-bond donors (Lipinski definition) is 2. The molecule has 2 heterocycles. The molecule has 0 unspecified atom stereocenters. The van der Waals surface area contributed by atoms with Crippen molar-refractivity contribution >= 4 is 11.7 Å². The second-order valence-electron chi connectivity index (χ2n) is 6.49. The summed E-state index contributed by atoms with van der Waals surface area (Å²) in [5, 5.41) is 5.60. The number of rotatable bonds is 2. The molecule has 1 atom stereocenters. The number of aromatic amines is 1. The van der Waals surface area contributed by atoms with E-state index in [4.69, 9.17) is 0 Å². The molecule has 24 heavy (non-hydrogen) atoms. The molecule has 1 fully saturated rings. The minimum atomic E-state index is -0.980. The van der Waals surface area contributed by atoms with Gasteiger partial charge < -0.3 is 5.32 Å². The number of H-pyrrole nitrogens is 1. The van der Waals surface area contributed by atoms with Crippen LogP contribution in [-0.2, 0) is 4.79 Å². The third-order valence-electron chi connectivity index (χ3n) is 4.99. The van der Waals surface area contributed by atoms with E-state index in [-0.39, 0.29) is 23.9 Å². The van der Waals surface area contributed by atoms with Gasteiger partial charge in [0, 0.05) is 12.3 Å². The smallest absolute Gasteiger partial charge is 0.270 e. The van der Waals surface area contributed by atoms with Crippen LogP contribution >= 0.6 is 0 Å². The SMILES string of the molecule is O=C1C[C@@H](c2ccc(F)c(F)c2)c2c(n(C3CCCC3)[nH]c2=O)N1. The monoisotopic (exact) mass is 333 g/mol. The van der Waals surface area contributed by atoms with Crippen molar-refractivity contribution in [3.63, 3.8) is 0 Å². The molecule has 7 heteroatoms. The van der Waals surface area contributed by atoms with Crippen molar-refractivity contribution in [2.75, 3.05) is 5.32 Å². The van der Waals surface area contributed by atoms with Gasteiger partial charge in [-0.25, -0.2) is 8.78 Å². The Bertz CT molecular complexity index is 865. The Balaban J connectivity index is 1.83. The van der Waals surface area contributed by atoms with E-state index in [1.165, 1.54) is 6.07 Å². The number of fused-ring (bicyclic) bond motifs is 1. The van der Waals surface area contributed by atoms with Crippen LogP contribution in [0.5, 0.6) is 0 Å². The molecule has 126 valence electrons. The fraction of sp³-hybridized carbons (Fsp3) is 0.412. The van der Waals surface area contributed by atoms with Crippen molar-refractivity contribution in [2.24, 2.45) is 0 Å². The summed E-state index contributed by atoms with van der Waals surface area (Å²) >= 11 is 0. The van der Waals surface area contributed by atoms with E-state index in [0.29, 0.717) is 16.9 Å². The number of anilines is 1. The zero-order valence-electron chi connectivity index (χ0n) is 12.9. The molecule has 1 aliphatic heterocycles. The second-order valence-corrected chi connectivity index (χ2v) is 6.49. The maximum Gasteiger partial charge on any atom is 0.270 e. The highest BCUT2D eigenvalue weighted by Crippen LogP contribution is 2.39. The summed E-state index contributed by atoms with van der Waals surface area (Å²) in [6.45, 7) is 0. The summed E-state index contributed by atoms with van der Waals surface area (Å²) < 4.78 is 28.5. The predicted molar refractivity (Wildman–Crippen MR) is 84.0 cm³/mol. The van der Waals surface area contributed by atoms with Crippen molar-refractivity contribution in [1.29, 1.82) is 0 Å². The maximum atomic E-state index is 13.6. The van der Waals surface area contributed by atoms with E-state index in [2.05, 4.69) is 10.4 Å². The van der Waals surface area contributed by atoms with Crippen LogP contribution in [0.15, 0.2) is 23.0 Å². The van der Waals surface area contributed by atoms with Gasteiger partial charge in [-0.1, -0.05) is 18.9 Å². The highest BCUT2D eigenvalue weighted by Gasteiger charge is 2.34. The lowest BCUT2D eigenvalue weighted by molar-refractivity contribution is -0.116. The zero-order chi connectivity index (χ0) is 16.8. The first-order valence-corrected chi connectivity index (χ1v) is 8.14. The minimum absolute atomic E-state index is 0.0375. The van der Waals surface area contributed by atoms with Gasteiger partial charge >= 0.3 is 0 Å². The van der Waals surface area contributed by atoms with Gasteiger partial charge in [0.05, 0.1) is 11.6 Å². The number of nitrogens with one attached hydrogen (secondary N) is 2. The highest BCUT2D eigenvalue weighted by molar-refractivity contribution is 5.94. The van der Waals surface area contributed by atoms with Crippen molar-refractivity contribution in [3.05, 3.63) is 51.3 Å². The van der Waals surface area contributed by atoms with Gasteiger partial charge in [-0.15, -0.1) is 0 Å². The topological polar surface area (TPSA) is 66.9 Å². The molecule has 2 N–H and O–H groups in total. The van der Waals surface area contributed by atoms with E-state index < -0.39 is 17.6 Å². The molecule has 1 aromatic heterocycles. The van der Waals surface area contributed by atoms with Crippen molar-refractivity contribution < 1.29 is 13.6 Å². The molecular weight excluding hydrogens is 316 g/mol. The third-order valence-corrected chi connectivity index (χ3v) is 4.99. The summed E-state index contributed by atoms with van der Waals surface area (Å²) in [6, 6.07) is 3.68. The first kappa shape index (κ1) is 15.1. The summed E-state index contributed by atoms with van der Waals surface area (Å²) in [4.78, 5) is 24.6. The van der Waals surface area contributed by atoms with Gasteiger partial charge in [0.15, 0.2) is 11.6 Å². The number of aromatic nitrogens is 2. The van der Waals surface area contributed by atoms with Crippen molar-refractivity contribution in [3.8, 4) is 0 Å². The normalized spacial score (nSPS) is 20.9. The number of carbonyl (C=O) groups excluding carboxylic acids is 1. The highest BCUT2D eigenvalue weighted by atomic mass is 19.2. The number of carbonyl (C=O) groups is 1. The molecule has 2 aromatic rings. The number of halogens is 2. The fourth-order valence-electron chi connectivity index (χ4n) is 3.83. The van der Waals surface area contributed by atoms with Crippen LogP contribution in [0.4, 0.5) is 14.6 Å². The van der Waals surface area contributed by atoms with Gasteiger partial charge in [0.1, 0.15) is 5.82 Å². The Hall–Kier alpha value is -2.44. The van der Waals surface area contributed by atoms with Gasteiger partial charge in [-0.3, -0.25) is 19.4 Å². The van der Waals surface area contributed by atoms with E-state index in [1.54, 1.807) is 4.68 Å². The summed E-state index contributed by atoms with van der Waals surface area (Å²) in [7, 11) is 0. The van der Waals surface area contributed by atoms with Crippen LogP contribution in [0.1, 0.15) is 55.2 Å². The van der Waals surface area contributed by atoms with Crippen LogP contribution in [0.2, 0.25) is 0 Å². The molecule has 1 aliphatic carbocycles. The molecule has 4 rings (SSSR count). The van der Waals surface area contributed by atoms with Gasteiger partial charge in [0.25, 0.3) is 5.56 Å². The van der Waals surface area contributed by atoms with Crippen LogP contribution < -0.4 is 10.9 Å². The van der Waals surface area contributed by atoms with Crippen LogP contribution in [0.3, 0.4) is 0 Å². The molecule has 2 aliphatic rings. The number of hydrogen-bond acceptors (Lipinski definition) is 2. The Morgan fingerprint density at radius 3 is 2.54 bits per heavy atom. The van der Waals surface area contributed by atoms with Gasteiger partial charge in [-0.05, 0) is 30.5 Å². The van der Waals surface area contributed by atoms with Crippen LogP contribution in [0.25, 0.3) is 0 Å². The first-order chi connectivity index (χ1) is 11.5. The standard InChI is InChI=1S/C17H17F2N3O2/c18-12-6-5-9(7-13(12)19)11-8-14(23)20-16-15(11)17(24)21-22(16)10-3-1-2-4-10/h5-7,10-11H,1-4,8H2,(H,20,23)(H,21,24)/t11-/m0/s1. The van der Waals surface area contributed by atoms with E-state index in [0.717, 1.165) is 37.8 Å². The predicted octanol–water partition coefficient (Wildman–Crippen LogP) is 3.04. The molecule has 0 radical (unpaired) electrons. The third kappa shape index (κ3) is 2.35. The molecule has 0 saturated heterocycles. The van der Waals surface area contributed by atoms with E-state index >= 15 is 0 Å². The van der Waals surface area contributed by atoms with Gasteiger partial charge in [-0.2, -0.15) is 0 Å². The Morgan fingerprint density at radius 1 is 1.08 bits per heavy atom. The quantitative estimate of drug-likeness (QED) is 0.887. The lowest BCUT2D eigenvalue weighted by Crippen LogP contribution is -2.27. The largest absolute Gasteiger partial charge is 0.311 e. The lowest BCUT2D eigenvalue weighted by Gasteiger charge is -2.25. The fourth-order valence-corrected chi connectivity index (χ4v) is 3.83. The molecule has 5 nitrogen and oxygen atoms in total. The Morgan fingerprint density at radius 2 is 1.83 bits per heavy atom. The maximum absolute atomic E-state index is 13.6. The lowest BCUT2D eigenvalue weighted by atomic mass is 9.87. The van der Waals surface area contributed by atoms with Gasteiger partial charge in [0.2, 0.25) is 5.91 Å². The number of benzene rings is 1. The molecule has 0 bridgehead atoms. The first-order valence-electron chi connectivity index (χ1n) is 8.14. The molecule has 1 amide bonds. The summed E-state index contributed by atoms with van der Waals surface area (Å²) in [5.74, 6) is -2.26. The van der Waals surface area contributed by atoms with Crippen molar-refractivity contribution in [1.82, 2.24) is 9.78 Å². The summed E-state index contributed by atoms with van der Waals surface area (Å²) in [5.41, 5.74) is 0.568. The second kappa shape index (κ2) is 5.58. The molecule has 0 spiro atoms. The minimum Gasteiger partial charge on any atom is -0.311 e. The van der Waals surface area contributed by atoms with Crippen LogP contribution in [-0.4, -0.2) is 15.7 Å². The average Bonchev–Trinajstić information content (AvgIpc) is 3.17. The molecule has 1 aromatic carbocycles. The number of amides is 1. The van der Waals surface area contributed by atoms with E-state index in [1.807, 2.05) is 0 Å². The Labute approximate surface area is 136 Å². The zero-order valence-corrected chi connectivity index (χ0v) is 12.9. The van der Waals surface area contributed by atoms with Crippen molar-refractivity contribution in [2.45, 2.75) is 44.1 Å². The van der Waals surface area contributed by atoms with Crippen LogP contribution in [0, 0.1) is 11.6 Å². The summed E-state index contributed by atoms with van der Waals surface area (Å²) in [6.07, 6.45) is 4.10. The number of nitrogens with zero attached hydrogens (tertiary/aromatic N) is 1. The molecular formula is C17H17F2N3O2.